The van der Waals surface area contributed by atoms with Crippen molar-refractivity contribution in [3.05, 3.63) is 22.7 Å². The van der Waals surface area contributed by atoms with Crippen LogP contribution in [-0.4, -0.2) is 13.0 Å². The topological polar surface area (TPSA) is 38.3 Å². The van der Waals surface area contributed by atoms with Crippen molar-refractivity contribution in [3.63, 3.8) is 0 Å². The summed E-state index contributed by atoms with van der Waals surface area (Å²) in [7, 11) is 1.58. The standard InChI is InChI=1S/C9H10BrNO2/c1-6(12)11-9-5-7(13-2)3-4-8(9)10/h3-5H,1-2H3,(H,11,12). The van der Waals surface area contributed by atoms with E-state index in [2.05, 4.69) is 21.2 Å². The number of ether oxygens (including phenoxy) is 1. The van der Waals surface area contributed by atoms with Crippen LogP contribution in [0.2, 0.25) is 0 Å². The van der Waals surface area contributed by atoms with Gasteiger partial charge in [-0.2, -0.15) is 0 Å². The maximum atomic E-state index is 10.8. The van der Waals surface area contributed by atoms with Gasteiger partial charge in [-0.05, 0) is 28.1 Å². The summed E-state index contributed by atoms with van der Waals surface area (Å²) >= 11 is 3.32. The van der Waals surface area contributed by atoms with Crippen molar-refractivity contribution in [1.82, 2.24) is 0 Å². The molecule has 0 aliphatic carbocycles. The predicted octanol–water partition coefficient (Wildman–Crippen LogP) is 2.42. The first-order valence-corrected chi connectivity index (χ1v) is 4.54. The first-order chi connectivity index (χ1) is 6.13. The van der Waals surface area contributed by atoms with Gasteiger partial charge in [0.2, 0.25) is 5.91 Å². The maximum absolute atomic E-state index is 10.8. The first kappa shape index (κ1) is 10.1. The van der Waals surface area contributed by atoms with Crippen molar-refractivity contribution in [1.29, 1.82) is 0 Å². The number of nitrogens with one attached hydrogen (secondary N) is 1. The van der Waals surface area contributed by atoms with E-state index in [1.165, 1.54) is 6.92 Å². The number of halogens is 1. The summed E-state index contributed by atoms with van der Waals surface area (Å²) in [6, 6.07) is 5.39. The summed E-state index contributed by atoms with van der Waals surface area (Å²) in [5, 5.41) is 2.68. The minimum atomic E-state index is -0.103. The smallest absolute Gasteiger partial charge is 0.221 e. The Bertz CT molecular complexity index is 325. The lowest BCUT2D eigenvalue weighted by molar-refractivity contribution is -0.114. The van der Waals surface area contributed by atoms with Crippen LogP contribution in [0.3, 0.4) is 0 Å². The first-order valence-electron chi connectivity index (χ1n) is 3.74. The molecule has 1 aromatic carbocycles. The largest absolute Gasteiger partial charge is 0.497 e. The Kier molecular flexibility index (Phi) is 3.31. The summed E-state index contributed by atoms with van der Waals surface area (Å²) in [6.45, 7) is 1.46. The second kappa shape index (κ2) is 4.28. The molecular formula is C9H10BrNO2. The second-order valence-corrected chi connectivity index (χ2v) is 3.38. The predicted molar refractivity (Wildman–Crippen MR) is 55.0 cm³/mol. The summed E-state index contributed by atoms with van der Waals surface area (Å²) in [5.41, 5.74) is 0.715. The zero-order valence-corrected chi connectivity index (χ0v) is 9.01. The number of hydrogen-bond acceptors (Lipinski definition) is 2. The fourth-order valence-corrected chi connectivity index (χ4v) is 1.26. The van der Waals surface area contributed by atoms with Gasteiger partial charge in [0.15, 0.2) is 0 Å². The van der Waals surface area contributed by atoms with Gasteiger partial charge in [-0.15, -0.1) is 0 Å². The molecule has 0 aromatic heterocycles. The number of methoxy groups -OCH3 is 1. The van der Waals surface area contributed by atoms with Gasteiger partial charge in [0.25, 0.3) is 0 Å². The molecule has 0 spiro atoms. The number of carbonyl (C=O) groups is 1. The van der Waals surface area contributed by atoms with Crippen molar-refractivity contribution in [2.45, 2.75) is 6.92 Å². The monoisotopic (exact) mass is 243 g/mol. The van der Waals surface area contributed by atoms with Crippen LogP contribution >= 0.6 is 15.9 Å². The van der Waals surface area contributed by atoms with Crippen LogP contribution in [-0.2, 0) is 4.79 Å². The van der Waals surface area contributed by atoms with Gasteiger partial charge >= 0.3 is 0 Å². The number of amides is 1. The molecule has 70 valence electrons. The lowest BCUT2D eigenvalue weighted by Crippen LogP contribution is -2.06. The normalized spacial score (nSPS) is 9.46. The molecule has 0 saturated heterocycles. The SMILES string of the molecule is COc1ccc(Br)c(NC(C)=O)c1. The van der Waals surface area contributed by atoms with Crippen LogP contribution in [0.4, 0.5) is 5.69 Å². The van der Waals surface area contributed by atoms with Crippen LogP contribution in [0.25, 0.3) is 0 Å². The summed E-state index contributed by atoms with van der Waals surface area (Å²) in [5.74, 6) is 0.612. The van der Waals surface area contributed by atoms with E-state index in [-0.39, 0.29) is 5.91 Å². The second-order valence-electron chi connectivity index (χ2n) is 2.53. The minimum absolute atomic E-state index is 0.103. The fourth-order valence-electron chi connectivity index (χ4n) is 0.917. The summed E-state index contributed by atoms with van der Waals surface area (Å²) in [4.78, 5) is 10.8. The average molecular weight is 244 g/mol. The van der Waals surface area contributed by atoms with Crippen molar-refractivity contribution < 1.29 is 9.53 Å². The number of carbonyl (C=O) groups excluding carboxylic acids is 1. The van der Waals surface area contributed by atoms with Crippen LogP contribution in [0.1, 0.15) is 6.92 Å². The number of hydrogen-bond donors (Lipinski definition) is 1. The molecule has 13 heavy (non-hydrogen) atoms. The third-order valence-electron chi connectivity index (χ3n) is 1.48. The van der Waals surface area contributed by atoms with Crippen molar-refractivity contribution in [2.75, 3.05) is 12.4 Å². The summed E-state index contributed by atoms with van der Waals surface area (Å²) < 4.78 is 5.86. The maximum Gasteiger partial charge on any atom is 0.221 e. The molecule has 0 fully saturated rings. The summed E-state index contributed by atoms with van der Waals surface area (Å²) in [6.07, 6.45) is 0. The number of anilines is 1. The van der Waals surface area contributed by atoms with Gasteiger partial charge in [-0.1, -0.05) is 0 Å². The molecule has 0 aliphatic rings. The van der Waals surface area contributed by atoms with Gasteiger partial charge in [0.05, 0.1) is 12.8 Å². The molecule has 0 heterocycles. The van der Waals surface area contributed by atoms with Crippen molar-refractivity contribution in [3.8, 4) is 5.75 Å². The Hall–Kier alpha value is -1.03. The Morgan fingerprint density at radius 1 is 1.54 bits per heavy atom. The average Bonchev–Trinajstić information content (AvgIpc) is 2.08. The van der Waals surface area contributed by atoms with E-state index in [1.54, 1.807) is 13.2 Å². The number of rotatable bonds is 2. The molecule has 0 bridgehead atoms. The Morgan fingerprint density at radius 2 is 2.23 bits per heavy atom. The minimum Gasteiger partial charge on any atom is -0.497 e. The zero-order chi connectivity index (χ0) is 9.84. The van der Waals surface area contributed by atoms with E-state index in [1.807, 2.05) is 12.1 Å². The van der Waals surface area contributed by atoms with Crippen LogP contribution < -0.4 is 10.1 Å². The van der Waals surface area contributed by atoms with E-state index in [0.717, 1.165) is 4.47 Å². The molecule has 0 aliphatic heterocycles. The highest BCUT2D eigenvalue weighted by molar-refractivity contribution is 9.10. The highest BCUT2D eigenvalue weighted by Crippen LogP contribution is 2.26. The van der Waals surface area contributed by atoms with Gasteiger partial charge in [-0.3, -0.25) is 4.79 Å². The quantitative estimate of drug-likeness (QED) is 0.867. The van der Waals surface area contributed by atoms with E-state index < -0.39 is 0 Å². The van der Waals surface area contributed by atoms with Crippen molar-refractivity contribution >= 4 is 27.5 Å². The zero-order valence-electron chi connectivity index (χ0n) is 7.43. The van der Waals surface area contributed by atoms with E-state index >= 15 is 0 Å². The molecule has 4 heteroatoms. The lowest BCUT2D eigenvalue weighted by Gasteiger charge is -2.06. The van der Waals surface area contributed by atoms with Gasteiger partial charge in [0, 0.05) is 17.5 Å². The van der Waals surface area contributed by atoms with Crippen LogP contribution in [0.5, 0.6) is 5.75 Å². The van der Waals surface area contributed by atoms with E-state index in [0.29, 0.717) is 11.4 Å². The molecule has 0 atom stereocenters. The lowest BCUT2D eigenvalue weighted by atomic mass is 10.3. The van der Waals surface area contributed by atoms with Crippen LogP contribution in [0.15, 0.2) is 22.7 Å². The Labute approximate surface area is 85.2 Å². The Morgan fingerprint density at radius 3 is 2.77 bits per heavy atom. The van der Waals surface area contributed by atoms with E-state index in [4.69, 9.17) is 4.74 Å². The molecule has 0 unspecified atom stereocenters. The van der Waals surface area contributed by atoms with E-state index in [9.17, 15) is 4.79 Å². The molecule has 0 radical (unpaired) electrons. The Balaban J connectivity index is 2.96. The molecule has 3 nitrogen and oxygen atoms in total. The molecule has 1 rings (SSSR count). The molecule has 1 N–H and O–H groups in total. The third kappa shape index (κ3) is 2.73. The van der Waals surface area contributed by atoms with Crippen molar-refractivity contribution in [2.24, 2.45) is 0 Å². The number of benzene rings is 1. The molecule has 1 amide bonds. The highest BCUT2D eigenvalue weighted by Gasteiger charge is 2.02. The molecule has 1 aromatic rings. The molecular weight excluding hydrogens is 234 g/mol. The van der Waals surface area contributed by atoms with Gasteiger partial charge in [0.1, 0.15) is 5.75 Å². The van der Waals surface area contributed by atoms with Gasteiger partial charge < -0.3 is 10.1 Å². The fraction of sp³-hybridized carbons (Fsp3) is 0.222. The highest BCUT2D eigenvalue weighted by atomic mass is 79.9. The van der Waals surface area contributed by atoms with Crippen LogP contribution in [0, 0.1) is 0 Å². The van der Waals surface area contributed by atoms with Gasteiger partial charge in [-0.25, -0.2) is 0 Å². The third-order valence-corrected chi connectivity index (χ3v) is 2.18. The molecule has 0 saturated carbocycles.